The minimum absolute atomic E-state index is 0.108. The minimum Gasteiger partial charge on any atom is -0.386 e. The molecule has 0 aromatic heterocycles. The molecule has 0 aliphatic carbocycles. The second kappa shape index (κ2) is 6.67. The first-order valence-electron chi connectivity index (χ1n) is 8.14. The van der Waals surface area contributed by atoms with Crippen LogP contribution in [0.25, 0.3) is 0 Å². The number of benzene rings is 2. The summed E-state index contributed by atoms with van der Waals surface area (Å²) < 4.78 is 0. The molecule has 0 radical (unpaired) electrons. The van der Waals surface area contributed by atoms with Gasteiger partial charge in [0.2, 0.25) is 0 Å². The van der Waals surface area contributed by atoms with E-state index in [1.165, 1.54) is 11.1 Å². The molecule has 0 saturated heterocycles. The highest BCUT2D eigenvalue weighted by Crippen LogP contribution is 2.24. The first kappa shape index (κ1) is 17.4. The largest absolute Gasteiger partial charge is 0.386 e. The number of Topliss-reactive ketones (excluding diaryl/α,β-unsaturated/α-hetero) is 1. The molecule has 0 bridgehead atoms. The molecule has 0 saturated carbocycles. The lowest BCUT2D eigenvalue weighted by molar-refractivity contribution is 0.0784. The SMILES string of the molecule is Cc1c(CC(=O)c2ccc(C(C)(C)O)cc2)cccc1C(C)C. The van der Waals surface area contributed by atoms with Gasteiger partial charge in [0.1, 0.15) is 0 Å². The van der Waals surface area contributed by atoms with E-state index in [1.54, 1.807) is 26.0 Å². The topological polar surface area (TPSA) is 37.3 Å². The summed E-state index contributed by atoms with van der Waals surface area (Å²) in [6, 6.07) is 13.4. The van der Waals surface area contributed by atoms with Crippen molar-refractivity contribution in [2.24, 2.45) is 0 Å². The fourth-order valence-electron chi connectivity index (χ4n) is 2.86. The lowest BCUT2D eigenvalue weighted by Crippen LogP contribution is -2.15. The van der Waals surface area contributed by atoms with Crippen molar-refractivity contribution in [2.75, 3.05) is 0 Å². The molecule has 23 heavy (non-hydrogen) atoms. The Balaban J connectivity index is 2.21. The number of ketones is 1. The highest BCUT2D eigenvalue weighted by atomic mass is 16.3. The molecule has 0 fully saturated rings. The van der Waals surface area contributed by atoms with Crippen molar-refractivity contribution in [1.82, 2.24) is 0 Å². The van der Waals surface area contributed by atoms with E-state index >= 15 is 0 Å². The van der Waals surface area contributed by atoms with Crippen LogP contribution in [-0.4, -0.2) is 10.9 Å². The fraction of sp³-hybridized carbons (Fsp3) is 0.381. The van der Waals surface area contributed by atoms with E-state index in [0.717, 1.165) is 11.1 Å². The molecule has 0 unspecified atom stereocenters. The normalized spacial score (nSPS) is 11.8. The van der Waals surface area contributed by atoms with Gasteiger partial charge in [0, 0.05) is 12.0 Å². The predicted molar refractivity (Wildman–Crippen MR) is 95.0 cm³/mol. The van der Waals surface area contributed by atoms with Gasteiger partial charge in [-0.05, 0) is 48.9 Å². The van der Waals surface area contributed by atoms with Crippen LogP contribution in [-0.2, 0) is 12.0 Å². The van der Waals surface area contributed by atoms with Crippen LogP contribution in [0.15, 0.2) is 42.5 Å². The van der Waals surface area contributed by atoms with Crippen molar-refractivity contribution in [3.8, 4) is 0 Å². The van der Waals surface area contributed by atoms with Crippen molar-refractivity contribution in [1.29, 1.82) is 0 Å². The Morgan fingerprint density at radius 1 is 1.09 bits per heavy atom. The van der Waals surface area contributed by atoms with E-state index in [2.05, 4.69) is 26.8 Å². The van der Waals surface area contributed by atoms with E-state index < -0.39 is 5.60 Å². The van der Waals surface area contributed by atoms with Crippen molar-refractivity contribution >= 4 is 5.78 Å². The third-order valence-corrected chi connectivity index (χ3v) is 4.37. The molecule has 0 aliphatic heterocycles. The lowest BCUT2D eigenvalue weighted by atomic mass is 9.91. The van der Waals surface area contributed by atoms with Gasteiger partial charge >= 0.3 is 0 Å². The fourth-order valence-corrected chi connectivity index (χ4v) is 2.86. The number of hydrogen-bond donors (Lipinski definition) is 1. The average Bonchev–Trinajstić information content (AvgIpc) is 2.48. The Hall–Kier alpha value is -1.93. The molecule has 2 rings (SSSR count). The second-order valence-electron chi connectivity index (χ2n) is 7.02. The quantitative estimate of drug-likeness (QED) is 0.808. The Kier molecular flexibility index (Phi) is 5.06. The molecule has 0 heterocycles. The second-order valence-corrected chi connectivity index (χ2v) is 7.02. The Morgan fingerprint density at radius 3 is 2.22 bits per heavy atom. The van der Waals surface area contributed by atoms with Gasteiger partial charge in [0.25, 0.3) is 0 Å². The smallest absolute Gasteiger partial charge is 0.167 e. The zero-order valence-corrected chi connectivity index (χ0v) is 14.7. The minimum atomic E-state index is -0.885. The molecule has 122 valence electrons. The van der Waals surface area contributed by atoms with Gasteiger partial charge < -0.3 is 5.11 Å². The molecule has 2 heteroatoms. The molecule has 2 nitrogen and oxygen atoms in total. The summed E-state index contributed by atoms with van der Waals surface area (Å²) in [5.74, 6) is 0.562. The lowest BCUT2D eigenvalue weighted by Gasteiger charge is -2.18. The summed E-state index contributed by atoms with van der Waals surface area (Å²) in [6.45, 7) is 9.91. The van der Waals surface area contributed by atoms with E-state index in [1.807, 2.05) is 24.3 Å². The number of hydrogen-bond acceptors (Lipinski definition) is 2. The first-order chi connectivity index (χ1) is 10.7. The summed E-state index contributed by atoms with van der Waals surface area (Å²) >= 11 is 0. The van der Waals surface area contributed by atoms with E-state index in [4.69, 9.17) is 0 Å². The van der Waals surface area contributed by atoms with Crippen LogP contribution < -0.4 is 0 Å². The molecule has 1 N–H and O–H groups in total. The van der Waals surface area contributed by atoms with Crippen molar-refractivity contribution < 1.29 is 9.90 Å². The highest BCUT2D eigenvalue weighted by molar-refractivity contribution is 5.97. The van der Waals surface area contributed by atoms with E-state index in [9.17, 15) is 9.90 Å². The molecule has 2 aromatic carbocycles. The molecule has 0 atom stereocenters. The Bertz CT molecular complexity index is 689. The van der Waals surface area contributed by atoms with Crippen LogP contribution >= 0.6 is 0 Å². The van der Waals surface area contributed by atoms with Crippen LogP contribution in [0.3, 0.4) is 0 Å². The summed E-state index contributed by atoms with van der Waals surface area (Å²) in [5.41, 5.74) is 4.22. The first-order valence-corrected chi connectivity index (χ1v) is 8.14. The van der Waals surface area contributed by atoms with Gasteiger partial charge in [0.05, 0.1) is 5.60 Å². The van der Waals surface area contributed by atoms with Crippen LogP contribution in [0.5, 0.6) is 0 Å². The van der Waals surface area contributed by atoms with Gasteiger partial charge in [0.15, 0.2) is 5.78 Å². The standard InChI is InChI=1S/C21H26O2/c1-14(2)19-8-6-7-17(15(19)3)13-20(22)16-9-11-18(12-10-16)21(4,5)23/h6-12,14,23H,13H2,1-5H3. The summed E-state index contributed by atoms with van der Waals surface area (Å²) in [7, 11) is 0. The van der Waals surface area contributed by atoms with Crippen LogP contribution in [0, 0.1) is 6.92 Å². The Morgan fingerprint density at radius 2 is 1.70 bits per heavy atom. The van der Waals surface area contributed by atoms with E-state index in [-0.39, 0.29) is 5.78 Å². The molecular formula is C21H26O2. The third-order valence-electron chi connectivity index (χ3n) is 4.37. The van der Waals surface area contributed by atoms with Crippen LogP contribution in [0.2, 0.25) is 0 Å². The van der Waals surface area contributed by atoms with Crippen LogP contribution in [0.1, 0.15) is 66.2 Å². The maximum atomic E-state index is 12.5. The average molecular weight is 310 g/mol. The van der Waals surface area contributed by atoms with Gasteiger partial charge in [-0.15, -0.1) is 0 Å². The predicted octanol–water partition coefficient (Wildman–Crippen LogP) is 4.77. The van der Waals surface area contributed by atoms with E-state index in [0.29, 0.717) is 17.9 Å². The molecule has 0 aliphatic rings. The maximum Gasteiger partial charge on any atom is 0.167 e. The molecule has 2 aromatic rings. The molecular weight excluding hydrogens is 284 g/mol. The van der Waals surface area contributed by atoms with Crippen molar-refractivity contribution in [3.63, 3.8) is 0 Å². The van der Waals surface area contributed by atoms with Gasteiger partial charge in [-0.1, -0.05) is 56.3 Å². The number of carbonyl (C=O) groups excluding carboxylic acids is 1. The zero-order valence-electron chi connectivity index (χ0n) is 14.7. The molecule has 0 spiro atoms. The Labute approximate surface area is 139 Å². The number of rotatable bonds is 5. The number of carbonyl (C=O) groups is 1. The molecule has 0 amide bonds. The van der Waals surface area contributed by atoms with Gasteiger partial charge in [-0.2, -0.15) is 0 Å². The van der Waals surface area contributed by atoms with Crippen molar-refractivity contribution in [2.45, 2.75) is 52.6 Å². The third kappa shape index (κ3) is 4.08. The zero-order chi connectivity index (χ0) is 17.2. The monoisotopic (exact) mass is 310 g/mol. The van der Waals surface area contributed by atoms with Crippen LogP contribution in [0.4, 0.5) is 0 Å². The van der Waals surface area contributed by atoms with Gasteiger partial charge in [-0.3, -0.25) is 4.79 Å². The number of aliphatic hydroxyl groups is 1. The van der Waals surface area contributed by atoms with Gasteiger partial charge in [-0.25, -0.2) is 0 Å². The summed E-state index contributed by atoms with van der Waals surface area (Å²) in [4.78, 5) is 12.5. The highest BCUT2D eigenvalue weighted by Gasteiger charge is 2.17. The van der Waals surface area contributed by atoms with Crippen molar-refractivity contribution in [3.05, 3.63) is 70.3 Å². The summed E-state index contributed by atoms with van der Waals surface area (Å²) in [5, 5.41) is 9.99. The summed E-state index contributed by atoms with van der Waals surface area (Å²) in [6.07, 6.45) is 0.411. The maximum absolute atomic E-state index is 12.5.